The highest BCUT2D eigenvalue weighted by Gasteiger charge is 2.54. The lowest BCUT2D eigenvalue weighted by atomic mass is 9.94. The summed E-state index contributed by atoms with van der Waals surface area (Å²) in [6.45, 7) is 0.555. The van der Waals surface area contributed by atoms with E-state index in [4.69, 9.17) is 21.1 Å². The van der Waals surface area contributed by atoms with E-state index in [-0.39, 0.29) is 13.2 Å². The minimum Gasteiger partial charge on any atom is -0.347 e. The van der Waals surface area contributed by atoms with Gasteiger partial charge in [0, 0.05) is 11.3 Å². The number of halogens is 1. The summed E-state index contributed by atoms with van der Waals surface area (Å²) < 4.78 is 10.8. The predicted molar refractivity (Wildman–Crippen MR) is 90.1 cm³/mol. The molecule has 124 valence electrons. The van der Waals surface area contributed by atoms with Gasteiger partial charge in [-0.3, -0.25) is 9.59 Å². The molecule has 1 amide bonds. The number of anilines is 1. The number of Topliss-reactive ketones (excluding diaryl/α,β-unsaturated/α-hetero) is 1. The summed E-state index contributed by atoms with van der Waals surface area (Å²) in [5.74, 6) is -1.25. The first-order chi connectivity index (χ1) is 11.6. The lowest BCUT2D eigenvalue weighted by Gasteiger charge is -2.28. The Hall–Kier alpha value is -2.21. The topological polar surface area (TPSA) is 64.6 Å². The lowest BCUT2D eigenvalue weighted by Crippen LogP contribution is -2.54. The maximum Gasteiger partial charge on any atom is 0.258 e. The Morgan fingerprint density at radius 1 is 0.958 bits per heavy atom. The molecule has 1 aliphatic rings. The van der Waals surface area contributed by atoms with Gasteiger partial charge in [0.05, 0.1) is 13.2 Å². The number of ketones is 1. The standard InChI is InChI=1S/C18H16ClNO4/c19-18(17-23-11-12-24-17,15(21)13-7-3-1-4-8-13)16(22)20-14-9-5-2-6-10-14/h1-10,17H,11-12H2,(H,20,22). The van der Waals surface area contributed by atoms with Crippen LogP contribution in [0.3, 0.4) is 0 Å². The molecule has 0 radical (unpaired) electrons. The largest absolute Gasteiger partial charge is 0.347 e. The normalized spacial score (nSPS) is 17.2. The third kappa shape index (κ3) is 3.19. The number of amides is 1. The van der Waals surface area contributed by atoms with Crippen LogP contribution in [0.4, 0.5) is 5.69 Å². The third-order valence-corrected chi connectivity index (χ3v) is 4.20. The summed E-state index contributed by atoms with van der Waals surface area (Å²) in [5, 5.41) is 2.66. The number of benzene rings is 2. The van der Waals surface area contributed by atoms with Gasteiger partial charge in [0.1, 0.15) is 0 Å². The van der Waals surface area contributed by atoms with E-state index < -0.39 is 22.9 Å². The highest BCUT2D eigenvalue weighted by Crippen LogP contribution is 2.32. The quantitative estimate of drug-likeness (QED) is 0.514. The average Bonchev–Trinajstić information content (AvgIpc) is 3.17. The monoisotopic (exact) mass is 345 g/mol. The molecular formula is C18H16ClNO4. The van der Waals surface area contributed by atoms with E-state index >= 15 is 0 Å². The van der Waals surface area contributed by atoms with Crippen molar-refractivity contribution in [3.63, 3.8) is 0 Å². The van der Waals surface area contributed by atoms with Crippen molar-refractivity contribution >= 4 is 29.0 Å². The van der Waals surface area contributed by atoms with Gasteiger partial charge in [0.2, 0.25) is 4.87 Å². The van der Waals surface area contributed by atoms with E-state index in [1.54, 1.807) is 54.6 Å². The van der Waals surface area contributed by atoms with Crippen molar-refractivity contribution in [3.05, 3.63) is 66.2 Å². The van der Waals surface area contributed by atoms with Gasteiger partial charge in [-0.15, -0.1) is 0 Å². The van der Waals surface area contributed by atoms with E-state index in [1.165, 1.54) is 0 Å². The molecule has 24 heavy (non-hydrogen) atoms. The second-order valence-corrected chi connectivity index (χ2v) is 5.90. The van der Waals surface area contributed by atoms with Crippen LogP contribution >= 0.6 is 11.6 Å². The number of carbonyl (C=O) groups is 2. The number of rotatable bonds is 5. The Morgan fingerprint density at radius 3 is 2.08 bits per heavy atom. The molecule has 1 unspecified atom stereocenters. The molecule has 0 bridgehead atoms. The number of hydrogen-bond acceptors (Lipinski definition) is 4. The molecule has 1 N–H and O–H groups in total. The van der Waals surface area contributed by atoms with Crippen molar-refractivity contribution in [3.8, 4) is 0 Å². The minimum atomic E-state index is -2.01. The Kier molecular flexibility index (Phi) is 4.94. The fourth-order valence-electron chi connectivity index (χ4n) is 2.45. The molecule has 0 aromatic heterocycles. The summed E-state index contributed by atoms with van der Waals surface area (Å²) in [6, 6.07) is 17.2. The third-order valence-electron chi connectivity index (χ3n) is 3.68. The van der Waals surface area contributed by atoms with Gasteiger partial charge in [-0.1, -0.05) is 60.1 Å². The number of carbonyl (C=O) groups excluding carboxylic acids is 2. The molecule has 1 saturated heterocycles. The fraction of sp³-hybridized carbons (Fsp3) is 0.222. The fourth-order valence-corrected chi connectivity index (χ4v) is 2.73. The zero-order valence-electron chi connectivity index (χ0n) is 12.8. The molecule has 5 nitrogen and oxygen atoms in total. The van der Waals surface area contributed by atoms with Gasteiger partial charge in [-0.25, -0.2) is 0 Å². The van der Waals surface area contributed by atoms with Crippen molar-refractivity contribution < 1.29 is 19.1 Å². The van der Waals surface area contributed by atoms with Crippen molar-refractivity contribution in [2.45, 2.75) is 11.2 Å². The summed E-state index contributed by atoms with van der Waals surface area (Å²) in [4.78, 5) is 23.7. The van der Waals surface area contributed by atoms with Gasteiger partial charge >= 0.3 is 0 Å². The van der Waals surface area contributed by atoms with E-state index in [1.807, 2.05) is 6.07 Å². The maximum absolute atomic E-state index is 12.9. The molecule has 1 aliphatic heterocycles. The molecule has 0 spiro atoms. The molecule has 2 aromatic rings. The number of alkyl halides is 1. The van der Waals surface area contributed by atoms with Crippen LogP contribution in [0.2, 0.25) is 0 Å². The Bertz CT molecular complexity index is 716. The predicted octanol–water partition coefficient (Wildman–Crippen LogP) is 2.86. The van der Waals surface area contributed by atoms with Crippen LogP contribution in [0, 0.1) is 0 Å². The number of hydrogen-bond donors (Lipinski definition) is 1. The zero-order chi connectivity index (χ0) is 17.0. The SMILES string of the molecule is O=C(Nc1ccccc1)C(Cl)(C(=O)c1ccccc1)C1OCCO1. The van der Waals surface area contributed by atoms with Crippen LogP contribution < -0.4 is 5.32 Å². The van der Waals surface area contributed by atoms with Gasteiger partial charge in [-0.05, 0) is 12.1 Å². The van der Waals surface area contributed by atoms with Gasteiger partial charge in [-0.2, -0.15) is 0 Å². The average molecular weight is 346 g/mol. The molecule has 0 aliphatic carbocycles. The first-order valence-corrected chi connectivity index (χ1v) is 7.88. The van der Waals surface area contributed by atoms with Crippen LogP contribution in [0.15, 0.2) is 60.7 Å². The van der Waals surface area contributed by atoms with E-state index in [9.17, 15) is 9.59 Å². The van der Waals surface area contributed by atoms with Gasteiger partial charge in [0.15, 0.2) is 12.1 Å². The molecule has 0 saturated carbocycles. The molecular weight excluding hydrogens is 330 g/mol. The minimum absolute atomic E-state index is 0.278. The van der Waals surface area contributed by atoms with Crippen LogP contribution in [-0.4, -0.2) is 36.1 Å². The highest BCUT2D eigenvalue weighted by atomic mass is 35.5. The van der Waals surface area contributed by atoms with Crippen molar-refractivity contribution in [1.29, 1.82) is 0 Å². The van der Waals surface area contributed by atoms with Crippen LogP contribution in [0.5, 0.6) is 0 Å². The smallest absolute Gasteiger partial charge is 0.258 e. The molecule has 2 aromatic carbocycles. The Balaban J connectivity index is 1.93. The summed E-state index contributed by atoms with van der Waals surface area (Å²) >= 11 is 6.52. The van der Waals surface area contributed by atoms with Gasteiger partial charge < -0.3 is 14.8 Å². The molecule has 1 fully saturated rings. The van der Waals surface area contributed by atoms with Crippen LogP contribution in [0.25, 0.3) is 0 Å². The maximum atomic E-state index is 12.9. The first-order valence-electron chi connectivity index (χ1n) is 7.51. The van der Waals surface area contributed by atoms with Crippen LogP contribution in [0.1, 0.15) is 10.4 Å². The van der Waals surface area contributed by atoms with Crippen molar-refractivity contribution in [2.24, 2.45) is 0 Å². The van der Waals surface area contributed by atoms with Crippen molar-refractivity contribution in [1.82, 2.24) is 0 Å². The van der Waals surface area contributed by atoms with E-state index in [0.29, 0.717) is 11.3 Å². The molecule has 1 heterocycles. The zero-order valence-corrected chi connectivity index (χ0v) is 13.5. The first kappa shape index (κ1) is 16.6. The van der Waals surface area contributed by atoms with E-state index in [2.05, 4.69) is 5.32 Å². The Labute approximate surface area is 144 Å². The molecule has 3 rings (SSSR count). The second-order valence-electron chi connectivity index (χ2n) is 5.30. The highest BCUT2D eigenvalue weighted by molar-refractivity contribution is 6.50. The number of ether oxygens (including phenoxy) is 2. The summed E-state index contributed by atoms with van der Waals surface area (Å²) in [6.07, 6.45) is -1.14. The number of nitrogens with one attached hydrogen (secondary N) is 1. The van der Waals surface area contributed by atoms with Crippen molar-refractivity contribution in [2.75, 3.05) is 18.5 Å². The summed E-state index contributed by atoms with van der Waals surface area (Å²) in [5.41, 5.74) is 0.848. The van der Waals surface area contributed by atoms with Gasteiger partial charge in [0.25, 0.3) is 5.91 Å². The second kappa shape index (κ2) is 7.13. The molecule has 1 atom stereocenters. The lowest BCUT2D eigenvalue weighted by molar-refractivity contribution is -0.128. The Morgan fingerprint density at radius 2 is 1.50 bits per heavy atom. The number of para-hydroxylation sites is 1. The molecule has 6 heteroatoms. The van der Waals surface area contributed by atoms with E-state index in [0.717, 1.165) is 0 Å². The summed E-state index contributed by atoms with van der Waals surface area (Å²) in [7, 11) is 0. The van der Waals surface area contributed by atoms with Crippen LogP contribution in [-0.2, 0) is 14.3 Å².